The number of unbranched alkanes of at least 4 members (excludes halogenated alkanes) is 7. The molecule has 1 aliphatic rings. The third-order valence-corrected chi connectivity index (χ3v) is 8.77. The van der Waals surface area contributed by atoms with Crippen molar-refractivity contribution >= 4 is 51.2 Å². The Labute approximate surface area is 264 Å². The minimum atomic E-state index is -4.51. The van der Waals surface area contributed by atoms with E-state index in [9.17, 15) is 23.2 Å². The summed E-state index contributed by atoms with van der Waals surface area (Å²) in [7, 11) is 0. The van der Waals surface area contributed by atoms with Gasteiger partial charge in [-0.15, -0.1) is 0 Å². The van der Waals surface area contributed by atoms with Gasteiger partial charge in [0.05, 0.1) is 29.4 Å². The summed E-state index contributed by atoms with van der Waals surface area (Å²) in [4.78, 5) is 19.8. The number of thioether (sulfide) groups is 1. The zero-order valence-electron chi connectivity index (χ0n) is 24.1. The van der Waals surface area contributed by atoms with Crippen LogP contribution in [0.25, 0.3) is 0 Å². The molecule has 0 bridgehead atoms. The van der Waals surface area contributed by atoms with Crippen LogP contribution in [0.3, 0.4) is 0 Å². The molecule has 2 aromatic carbocycles. The SMILES string of the molecule is CCOC(=O)C1=C(C)N(c2cccc(C(F)(F)F)c2)C(SCCCCCCCCCCI)=NC1c1ccc(C#N)cc1. The number of allylic oxidation sites excluding steroid dienone is 1. The van der Waals surface area contributed by atoms with Crippen LogP contribution in [0.15, 0.2) is 64.8 Å². The van der Waals surface area contributed by atoms with Crippen molar-refractivity contribution in [2.75, 3.05) is 21.7 Å². The summed E-state index contributed by atoms with van der Waals surface area (Å²) in [6, 6.07) is 13.3. The van der Waals surface area contributed by atoms with Crippen LogP contribution in [-0.4, -0.2) is 27.9 Å². The minimum Gasteiger partial charge on any atom is -0.463 e. The Balaban J connectivity index is 1.91. The number of nitrogens with zero attached hydrogens (tertiary/aromatic N) is 3. The van der Waals surface area contributed by atoms with Crippen molar-refractivity contribution in [3.05, 3.63) is 76.5 Å². The smallest absolute Gasteiger partial charge is 0.416 e. The predicted octanol–water partition coefficient (Wildman–Crippen LogP) is 9.62. The standard InChI is InChI=1S/C32H37F3IN3O2S/c1-3-41-30(40)28-23(2)39(27-14-12-13-26(21-27)32(33,34)35)31(38-29(28)25-17-15-24(22-37)16-18-25)42-20-11-9-7-5-4-6-8-10-19-36/h12-18,21,29H,3-11,19-20H2,1-2H3. The van der Waals surface area contributed by atoms with E-state index in [4.69, 9.17) is 9.73 Å². The molecule has 10 heteroatoms. The van der Waals surface area contributed by atoms with E-state index in [0.29, 0.717) is 22.0 Å². The maximum absolute atomic E-state index is 13.7. The van der Waals surface area contributed by atoms with Crippen molar-refractivity contribution in [1.82, 2.24) is 0 Å². The van der Waals surface area contributed by atoms with Gasteiger partial charge in [0, 0.05) is 17.1 Å². The Morgan fingerprint density at radius 1 is 1.05 bits per heavy atom. The van der Waals surface area contributed by atoms with E-state index in [2.05, 4.69) is 28.7 Å². The molecule has 226 valence electrons. The van der Waals surface area contributed by atoms with Crippen molar-refractivity contribution in [1.29, 1.82) is 5.26 Å². The number of hydrogen-bond acceptors (Lipinski definition) is 6. The van der Waals surface area contributed by atoms with Crippen LogP contribution >= 0.6 is 34.4 Å². The quantitative estimate of drug-likeness (QED) is 0.0846. The summed E-state index contributed by atoms with van der Waals surface area (Å²) in [5.41, 5.74) is 1.39. The highest BCUT2D eigenvalue weighted by Gasteiger charge is 2.36. The lowest BCUT2D eigenvalue weighted by atomic mass is 9.95. The second kappa shape index (κ2) is 16.9. The number of halogens is 4. The van der Waals surface area contributed by atoms with E-state index < -0.39 is 23.8 Å². The highest BCUT2D eigenvalue weighted by atomic mass is 127. The van der Waals surface area contributed by atoms with Crippen molar-refractivity contribution < 1.29 is 22.7 Å². The molecule has 1 aliphatic heterocycles. The van der Waals surface area contributed by atoms with Crippen LogP contribution in [0.2, 0.25) is 0 Å². The lowest BCUT2D eigenvalue weighted by Gasteiger charge is -2.35. The summed E-state index contributed by atoms with van der Waals surface area (Å²) in [6.45, 7) is 3.56. The van der Waals surface area contributed by atoms with Gasteiger partial charge in [-0.25, -0.2) is 9.79 Å². The van der Waals surface area contributed by atoms with Crippen molar-refractivity contribution in [2.24, 2.45) is 4.99 Å². The molecule has 3 rings (SSSR count). The first-order chi connectivity index (χ1) is 20.2. The van der Waals surface area contributed by atoms with Gasteiger partial charge >= 0.3 is 12.1 Å². The van der Waals surface area contributed by atoms with Gasteiger partial charge in [0.1, 0.15) is 6.04 Å². The van der Waals surface area contributed by atoms with Gasteiger partial charge in [-0.05, 0) is 67.0 Å². The van der Waals surface area contributed by atoms with Crippen LogP contribution < -0.4 is 4.90 Å². The van der Waals surface area contributed by atoms with E-state index in [1.54, 1.807) is 49.1 Å². The fourth-order valence-electron chi connectivity index (χ4n) is 4.79. The third-order valence-electron chi connectivity index (χ3n) is 6.97. The second-order valence-electron chi connectivity index (χ2n) is 10.0. The first-order valence-corrected chi connectivity index (χ1v) is 16.8. The number of aliphatic imine (C=N–C) groups is 1. The van der Waals surface area contributed by atoms with E-state index in [1.807, 2.05) is 0 Å². The summed E-state index contributed by atoms with van der Waals surface area (Å²) in [5.74, 6) is 0.165. The maximum Gasteiger partial charge on any atom is 0.416 e. The number of benzene rings is 2. The molecular formula is C32H37F3IN3O2S. The maximum atomic E-state index is 13.7. The lowest BCUT2D eigenvalue weighted by Crippen LogP contribution is -2.35. The summed E-state index contributed by atoms with van der Waals surface area (Å²) in [6.07, 6.45) is 4.92. The number of amidine groups is 1. The fraction of sp³-hybridized carbons (Fsp3) is 0.469. The fourth-order valence-corrected chi connectivity index (χ4v) is 6.41. The molecule has 5 nitrogen and oxygen atoms in total. The molecule has 42 heavy (non-hydrogen) atoms. The average molecular weight is 712 g/mol. The highest BCUT2D eigenvalue weighted by Crippen LogP contribution is 2.41. The summed E-state index contributed by atoms with van der Waals surface area (Å²) < 4.78 is 47.5. The molecule has 1 heterocycles. The highest BCUT2D eigenvalue weighted by molar-refractivity contribution is 14.1. The zero-order valence-corrected chi connectivity index (χ0v) is 27.0. The molecule has 0 saturated heterocycles. The Kier molecular flexibility index (Phi) is 13.7. The van der Waals surface area contributed by atoms with E-state index >= 15 is 0 Å². The first kappa shape index (κ1) is 34.0. The molecule has 0 N–H and O–H groups in total. The molecule has 0 fully saturated rings. The second-order valence-corrected chi connectivity index (χ2v) is 12.2. The van der Waals surface area contributed by atoms with Gasteiger partial charge in [-0.1, -0.05) is 91.1 Å². The van der Waals surface area contributed by atoms with E-state index in [0.717, 1.165) is 37.1 Å². The number of hydrogen-bond donors (Lipinski definition) is 0. The van der Waals surface area contributed by atoms with Gasteiger partial charge in [0.15, 0.2) is 5.17 Å². The number of ether oxygens (including phenoxy) is 1. The zero-order chi connectivity index (χ0) is 30.5. The monoisotopic (exact) mass is 711 g/mol. The number of rotatable bonds is 14. The number of anilines is 1. The molecule has 0 saturated carbocycles. The van der Waals surface area contributed by atoms with Crippen molar-refractivity contribution in [3.8, 4) is 6.07 Å². The van der Waals surface area contributed by atoms with Crippen molar-refractivity contribution in [3.63, 3.8) is 0 Å². The molecule has 1 atom stereocenters. The van der Waals surface area contributed by atoms with Crippen molar-refractivity contribution in [2.45, 2.75) is 77.4 Å². The molecule has 0 aliphatic carbocycles. The van der Waals surface area contributed by atoms with E-state index in [-0.39, 0.29) is 17.9 Å². The predicted molar refractivity (Wildman–Crippen MR) is 173 cm³/mol. The van der Waals surface area contributed by atoms with Gasteiger partial charge in [-0.2, -0.15) is 18.4 Å². The van der Waals surface area contributed by atoms with Gasteiger partial charge in [0.25, 0.3) is 0 Å². The molecule has 0 radical (unpaired) electrons. The van der Waals surface area contributed by atoms with Gasteiger partial charge < -0.3 is 4.74 Å². The van der Waals surface area contributed by atoms with Gasteiger partial charge in [-0.3, -0.25) is 4.90 Å². The molecule has 0 amide bonds. The summed E-state index contributed by atoms with van der Waals surface area (Å²) in [5, 5.41) is 9.77. The molecular weight excluding hydrogens is 674 g/mol. The number of nitriles is 1. The Morgan fingerprint density at radius 2 is 1.69 bits per heavy atom. The number of carbonyl (C=O) groups is 1. The third kappa shape index (κ3) is 9.49. The van der Waals surface area contributed by atoms with Crippen LogP contribution in [0.1, 0.15) is 87.9 Å². The Bertz CT molecular complexity index is 1290. The molecule has 0 spiro atoms. The van der Waals surface area contributed by atoms with Crippen LogP contribution in [0.4, 0.5) is 18.9 Å². The normalized spacial score (nSPS) is 15.4. The van der Waals surface area contributed by atoms with Crippen LogP contribution in [-0.2, 0) is 15.7 Å². The largest absolute Gasteiger partial charge is 0.463 e. The number of carbonyl (C=O) groups excluding carboxylic acids is 1. The summed E-state index contributed by atoms with van der Waals surface area (Å²) >= 11 is 3.89. The lowest BCUT2D eigenvalue weighted by molar-refractivity contribution is -0.139. The Hall–Kier alpha value is -2.52. The Morgan fingerprint density at radius 3 is 2.29 bits per heavy atom. The molecule has 2 aromatic rings. The van der Waals surface area contributed by atoms with Crippen LogP contribution in [0.5, 0.6) is 0 Å². The average Bonchev–Trinajstić information content (AvgIpc) is 2.97. The van der Waals surface area contributed by atoms with E-state index in [1.165, 1.54) is 54.4 Å². The topological polar surface area (TPSA) is 65.7 Å². The van der Waals surface area contributed by atoms with Crippen LogP contribution in [0, 0.1) is 11.3 Å². The first-order valence-electron chi connectivity index (χ1n) is 14.3. The minimum absolute atomic E-state index is 0.142. The van der Waals surface area contributed by atoms with Gasteiger partial charge in [0.2, 0.25) is 0 Å². The molecule has 0 aromatic heterocycles. The number of alkyl halides is 4. The molecule has 1 unspecified atom stereocenters. The number of esters is 1.